The van der Waals surface area contributed by atoms with Crippen molar-refractivity contribution < 1.29 is 39.2 Å². The predicted molar refractivity (Wildman–Crippen MR) is 161 cm³/mol. The monoisotopic (exact) mass is 600 g/mol. The van der Waals surface area contributed by atoms with Crippen LogP contribution in [0.15, 0.2) is 84.0 Å². The van der Waals surface area contributed by atoms with Crippen molar-refractivity contribution in [1.29, 1.82) is 0 Å². The molecule has 2 saturated carbocycles. The van der Waals surface area contributed by atoms with Gasteiger partial charge in [-0.3, -0.25) is 14.4 Å². The molecule has 2 fully saturated rings. The van der Waals surface area contributed by atoms with E-state index in [-0.39, 0.29) is 19.3 Å². The lowest BCUT2D eigenvalue weighted by molar-refractivity contribution is -0.228. The Morgan fingerprint density at radius 1 is 0.909 bits per heavy atom. The molecular weight excluding hydrogens is 560 g/mol. The summed E-state index contributed by atoms with van der Waals surface area (Å²) in [6.45, 7) is 6.78. The highest BCUT2D eigenvalue weighted by Crippen LogP contribution is 2.77. The van der Waals surface area contributed by atoms with Crippen LogP contribution in [-0.4, -0.2) is 62.6 Å². The molecule has 0 radical (unpaired) electrons. The molecule has 8 nitrogen and oxygen atoms in total. The summed E-state index contributed by atoms with van der Waals surface area (Å²) >= 11 is 0. The summed E-state index contributed by atoms with van der Waals surface area (Å²) in [6, 6.07) is 18.4. The Bertz CT molecular complexity index is 1540. The first-order valence-electron chi connectivity index (χ1n) is 15.3. The van der Waals surface area contributed by atoms with Crippen molar-refractivity contribution in [2.24, 2.45) is 29.1 Å². The third-order valence-electron chi connectivity index (χ3n) is 10.9. The Balaban J connectivity index is 1.45. The number of esters is 2. The van der Waals surface area contributed by atoms with Gasteiger partial charge in [0.15, 0.2) is 11.4 Å². The second-order valence-electron chi connectivity index (χ2n) is 13.6. The molecule has 4 aliphatic rings. The van der Waals surface area contributed by atoms with Gasteiger partial charge in [-0.25, -0.2) is 0 Å². The van der Waals surface area contributed by atoms with Crippen molar-refractivity contribution >= 4 is 17.7 Å². The Kier molecular flexibility index (Phi) is 7.26. The van der Waals surface area contributed by atoms with Gasteiger partial charge in [0.1, 0.15) is 11.7 Å². The van der Waals surface area contributed by atoms with Crippen LogP contribution < -0.4 is 0 Å². The summed E-state index contributed by atoms with van der Waals surface area (Å²) < 4.78 is 12.7. The molecule has 0 aromatic heterocycles. The van der Waals surface area contributed by atoms with E-state index in [2.05, 4.69) is 0 Å². The van der Waals surface area contributed by atoms with E-state index >= 15 is 0 Å². The second kappa shape index (κ2) is 10.5. The summed E-state index contributed by atoms with van der Waals surface area (Å²) in [4.78, 5) is 40.5. The molecule has 2 aromatic rings. The van der Waals surface area contributed by atoms with E-state index in [1.165, 1.54) is 0 Å². The number of Topliss-reactive ketones (excluding diaryl/α,β-unsaturated/α-hetero) is 1. The Hall–Kier alpha value is -3.59. The summed E-state index contributed by atoms with van der Waals surface area (Å²) in [5.74, 6) is -4.71. The zero-order valence-corrected chi connectivity index (χ0v) is 25.5. The lowest BCUT2D eigenvalue weighted by Crippen LogP contribution is -2.66. The normalized spacial score (nSPS) is 36.5. The van der Waals surface area contributed by atoms with E-state index in [0.29, 0.717) is 11.1 Å². The first-order valence-corrected chi connectivity index (χ1v) is 15.3. The zero-order valence-electron chi connectivity index (χ0n) is 25.5. The largest absolute Gasteiger partial charge is 0.457 e. The fraction of sp³-hybridized carbons (Fsp3) is 0.472. The van der Waals surface area contributed by atoms with Crippen LogP contribution in [0.3, 0.4) is 0 Å². The number of carbonyl (C=O) groups excluding carboxylic acids is 3. The molecule has 0 aliphatic heterocycles. The van der Waals surface area contributed by atoms with Gasteiger partial charge in [-0.1, -0.05) is 93.6 Å². The number of ether oxygens (including phenoxy) is 2. The molecule has 4 aliphatic carbocycles. The van der Waals surface area contributed by atoms with Crippen molar-refractivity contribution in [3.05, 3.63) is 95.1 Å². The number of hydrogen-bond acceptors (Lipinski definition) is 8. The van der Waals surface area contributed by atoms with Gasteiger partial charge in [0.25, 0.3) is 0 Å². The summed E-state index contributed by atoms with van der Waals surface area (Å²) in [5.41, 5.74) is -3.55. The Morgan fingerprint density at radius 2 is 1.48 bits per heavy atom. The molecule has 44 heavy (non-hydrogen) atoms. The first-order chi connectivity index (χ1) is 20.8. The van der Waals surface area contributed by atoms with Crippen LogP contribution in [0.5, 0.6) is 0 Å². The Labute approximate surface area is 257 Å². The van der Waals surface area contributed by atoms with E-state index in [1.54, 1.807) is 26.0 Å². The van der Waals surface area contributed by atoms with Gasteiger partial charge < -0.3 is 24.8 Å². The van der Waals surface area contributed by atoms with Crippen LogP contribution in [-0.2, 0) is 36.7 Å². The number of benzene rings is 2. The maximum absolute atomic E-state index is 13.6. The Morgan fingerprint density at radius 3 is 2.05 bits per heavy atom. The zero-order chi connectivity index (χ0) is 31.7. The van der Waals surface area contributed by atoms with Gasteiger partial charge in [-0.2, -0.15) is 0 Å². The number of ketones is 1. The molecule has 0 unspecified atom stereocenters. The lowest BCUT2D eigenvalue weighted by Gasteiger charge is -2.53. The quantitative estimate of drug-likeness (QED) is 0.325. The van der Waals surface area contributed by atoms with Gasteiger partial charge in [0, 0.05) is 35.5 Å². The summed E-state index contributed by atoms with van der Waals surface area (Å²) in [7, 11) is 0. The van der Waals surface area contributed by atoms with E-state index in [1.807, 2.05) is 74.5 Å². The van der Waals surface area contributed by atoms with E-state index in [9.17, 15) is 29.7 Å². The molecule has 0 heterocycles. The van der Waals surface area contributed by atoms with E-state index < -0.39 is 76.3 Å². The maximum atomic E-state index is 13.6. The van der Waals surface area contributed by atoms with Crippen molar-refractivity contribution in [1.82, 2.24) is 0 Å². The molecule has 2 aromatic carbocycles. The van der Waals surface area contributed by atoms with Crippen molar-refractivity contribution in [3.8, 4) is 0 Å². The topological polar surface area (TPSA) is 130 Å². The number of aliphatic hydroxyl groups is 3. The molecule has 3 N–H and O–H groups in total. The number of aliphatic hydroxyl groups excluding tert-OH is 1. The minimum absolute atomic E-state index is 0.00985. The number of fused-ring (bicyclic) bond motifs is 5. The van der Waals surface area contributed by atoms with Gasteiger partial charge in [-0.15, -0.1) is 0 Å². The third kappa shape index (κ3) is 4.33. The van der Waals surface area contributed by atoms with Crippen molar-refractivity contribution in [3.63, 3.8) is 0 Å². The highest BCUT2D eigenvalue weighted by atomic mass is 16.6. The smallest absolute Gasteiger partial charge is 0.310 e. The van der Waals surface area contributed by atoms with Crippen molar-refractivity contribution in [2.75, 3.05) is 6.61 Å². The molecule has 8 heteroatoms. The second-order valence-corrected chi connectivity index (χ2v) is 13.6. The molecule has 6 rings (SSSR count). The van der Waals surface area contributed by atoms with Crippen LogP contribution in [0.1, 0.15) is 45.2 Å². The van der Waals surface area contributed by atoms with Crippen LogP contribution in [0.4, 0.5) is 0 Å². The van der Waals surface area contributed by atoms with Gasteiger partial charge in [0.05, 0.1) is 25.0 Å². The summed E-state index contributed by atoms with van der Waals surface area (Å²) in [6.07, 6.45) is 2.13. The first kappa shape index (κ1) is 30.4. The highest BCUT2D eigenvalue weighted by Gasteiger charge is 2.88. The molecule has 0 amide bonds. The molecular formula is C36H40O8. The number of carbonyl (C=O) groups is 3. The van der Waals surface area contributed by atoms with E-state index in [4.69, 9.17) is 9.47 Å². The van der Waals surface area contributed by atoms with Crippen molar-refractivity contribution in [2.45, 2.75) is 69.9 Å². The highest BCUT2D eigenvalue weighted by molar-refractivity contribution is 6.04. The molecule has 0 saturated heterocycles. The lowest BCUT2D eigenvalue weighted by atomic mass is 9.59. The van der Waals surface area contributed by atoms with Crippen LogP contribution >= 0.6 is 0 Å². The SMILES string of the molecule is CC1=C[C@H]2[C@@]3(O)[C@H](C)[C@@H](OC(=O)Cc4ccccc4)[C@]4(OC(=O)Cc5ccccc5)[C@@H]([C@@H]3C=C(CO)C[C@]2(O)C1=O)C4(C)C. The number of hydrogen-bond donors (Lipinski definition) is 3. The molecule has 0 bridgehead atoms. The maximum Gasteiger partial charge on any atom is 0.310 e. The number of rotatable bonds is 7. The minimum atomic E-state index is -1.97. The van der Waals surface area contributed by atoms with E-state index in [0.717, 1.165) is 11.1 Å². The third-order valence-corrected chi connectivity index (χ3v) is 10.9. The molecule has 0 spiro atoms. The average molecular weight is 601 g/mol. The van der Waals surface area contributed by atoms with Crippen LogP contribution in [0, 0.1) is 29.1 Å². The molecule has 232 valence electrons. The minimum Gasteiger partial charge on any atom is -0.457 e. The summed E-state index contributed by atoms with van der Waals surface area (Å²) in [5, 5.41) is 35.1. The van der Waals surface area contributed by atoms with Crippen LogP contribution in [0.25, 0.3) is 0 Å². The average Bonchev–Trinajstić information content (AvgIpc) is 3.41. The fourth-order valence-electron chi connectivity index (χ4n) is 8.76. The molecule has 8 atom stereocenters. The van der Waals surface area contributed by atoms with Gasteiger partial charge in [0.2, 0.25) is 0 Å². The fourth-order valence-corrected chi connectivity index (χ4v) is 8.76. The predicted octanol–water partition coefficient (Wildman–Crippen LogP) is 3.52. The van der Waals surface area contributed by atoms with Crippen LogP contribution in [0.2, 0.25) is 0 Å². The van der Waals surface area contributed by atoms with Gasteiger partial charge in [-0.05, 0) is 29.2 Å². The van der Waals surface area contributed by atoms with Gasteiger partial charge >= 0.3 is 11.9 Å². The standard InChI is InChI=1S/C36H40O8/c1-21-15-27-34(41,31(21)40)19-25(20-37)16-26-30-33(3,4)36(30,44-29(39)18-24-13-9-6-10-14-24)32(22(2)35(26,27)42)43-28(38)17-23-11-7-5-8-12-23/h5-16,22,26-27,30,32,37,41-42H,17-20H2,1-4H3/t22-,26+,27-,30+,32-,34-,35-,36-/m1/s1.